The highest BCUT2D eigenvalue weighted by atomic mass is 79.9. The highest BCUT2D eigenvalue weighted by Gasteiger charge is 2.05. The van der Waals surface area contributed by atoms with Gasteiger partial charge in [0.05, 0.1) is 5.56 Å². The van der Waals surface area contributed by atoms with Crippen LogP contribution in [0.1, 0.15) is 11.1 Å². The number of benzene rings is 2. The van der Waals surface area contributed by atoms with Crippen LogP contribution in [0.2, 0.25) is 0 Å². The molecule has 96 valence electrons. The second-order valence-electron chi connectivity index (χ2n) is 3.82. The van der Waals surface area contributed by atoms with E-state index in [0.717, 1.165) is 6.07 Å². The van der Waals surface area contributed by atoms with Crippen LogP contribution in [0.3, 0.4) is 0 Å². The Labute approximate surface area is 117 Å². The second-order valence-corrected chi connectivity index (χ2v) is 4.74. The lowest BCUT2D eigenvalue weighted by Gasteiger charge is -2.07. The van der Waals surface area contributed by atoms with Crippen molar-refractivity contribution in [2.45, 2.75) is 6.61 Å². The molecule has 0 atom stereocenters. The van der Waals surface area contributed by atoms with Crippen LogP contribution in [-0.2, 0) is 6.61 Å². The zero-order chi connectivity index (χ0) is 13.8. The molecule has 2 rings (SSSR count). The third-order valence-corrected chi connectivity index (χ3v) is 2.85. The van der Waals surface area contributed by atoms with Crippen molar-refractivity contribution >= 4 is 15.9 Å². The van der Waals surface area contributed by atoms with Gasteiger partial charge in [-0.3, -0.25) is 0 Å². The number of ether oxygens (including phenoxy) is 1. The van der Waals surface area contributed by atoms with Crippen LogP contribution in [0.25, 0.3) is 0 Å². The highest BCUT2D eigenvalue weighted by Crippen LogP contribution is 2.19. The molecule has 0 radical (unpaired) electrons. The molecule has 0 aliphatic rings. The van der Waals surface area contributed by atoms with Crippen molar-refractivity contribution in [3.63, 3.8) is 0 Å². The summed E-state index contributed by atoms with van der Waals surface area (Å²) in [5.41, 5.74) is 0.581. The fraction of sp³-hybridized carbons (Fsp3) is 0.0714. The van der Waals surface area contributed by atoms with Gasteiger partial charge in [-0.05, 0) is 35.9 Å². The molecule has 5 heteroatoms. The number of nitriles is 1. The number of nitrogens with zero attached hydrogens (tertiary/aromatic N) is 1. The third-order valence-electron chi connectivity index (χ3n) is 2.39. The van der Waals surface area contributed by atoms with Crippen LogP contribution < -0.4 is 4.74 Å². The van der Waals surface area contributed by atoms with Gasteiger partial charge in [-0.25, -0.2) is 8.78 Å². The fourth-order valence-electron chi connectivity index (χ4n) is 1.54. The summed E-state index contributed by atoms with van der Waals surface area (Å²) in [7, 11) is 0. The Kier molecular flexibility index (Phi) is 4.13. The van der Waals surface area contributed by atoms with Crippen molar-refractivity contribution in [3.05, 3.63) is 63.6 Å². The van der Waals surface area contributed by atoms with Gasteiger partial charge in [0.2, 0.25) is 0 Å². The average molecular weight is 324 g/mol. The summed E-state index contributed by atoms with van der Waals surface area (Å²) in [6, 6.07) is 10.1. The van der Waals surface area contributed by atoms with Gasteiger partial charge in [0.15, 0.2) is 0 Å². The van der Waals surface area contributed by atoms with Crippen molar-refractivity contribution < 1.29 is 13.5 Å². The molecule has 2 aromatic rings. The van der Waals surface area contributed by atoms with E-state index in [4.69, 9.17) is 10.00 Å². The van der Waals surface area contributed by atoms with Crippen LogP contribution in [-0.4, -0.2) is 0 Å². The summed E-state index contributed by atoms with van der Waals surface area (Å²) in [4.78, 5) is 0. The second kappa shape index (κ2) is 5.81. The molecule has 0 spiro atoms. The first kappa shape index (κ1) is 13.5. The first-order chi connectivity index (χ1) is 9.08. The molecule has 0 bridgehead atoms. The fourth-order valence-corrected chi connectivity index (χ4v) is 2.05. The Bertz CT molecular complexity index is 632. The predicted octanol–water partition coefficient (Wildman–Crippen LogP) is 4.18. The number of hydrogen-bond acceptors (Lipinski definition) is 2. The van der Waals surface area contributed by atoms with E-state index in [0.29, 0.717) is 10.0 Å². The van der Waals surface area contributed by atoms with Crippen molar-refractivity contribution in [2.75, 3.05) is 0 Å². The molecule has 0 heterocycles. The molecular weight excluding hydrogens is 316 g/mol. The van der Waals surface area contributed by atoms with Crippen molar-refractivity contribution in [3.8, 4) is 11.8 Å². The smallest absolute Gasteiger partial charge is 0.144 e. The SMILES string of the molecule is N#Cc1ccc(OCc2cc(F)cc(Br)c2)cc1F. The number of halogens is 3. The summed E-state index contributed by atoms with van der Waals surface area (Å²) >= 11 is 3.18. The molecule has 0 saturated heterocycles. The lowest BCUT2D eigenvalue weighted by Crippen LogP contribution is -1.97. The minimum absolute atomic E-state index is 0.0409. The molecule has 2 aromatic carbocycles. The summed E-state index contributed by atoms with van der Waals surface area (Å²) in [5, 5.41) is 8.60. The monoisotopic (exact) mass is 323 g/mol. The van der Waals surface area contributed by atoms with E-state index in [1.165, 1.54) is 24.3 Å². The molecule has 0 aliphatic carbocycles. The molecule has 2 nitrogen and oxygen atoms in total. The maximum Gasteiger partial charge on any atom is 0.144 e. The Hall–Kier alpha value is -1.93. The zero-order valence-corrected chi connectivity index (χ0v) is 11.2. The molecule has 0 aromatic heterocycles. The largest absolute Gasteiger partial charge is 0.489 e. The third kappa shape index (κ3) is 3.52. The van der Waals surface area contributed by atoms with Gasteiger partial charge >= 0.3 is 0 Å². The molecule has 19 heavy (non-hydrogen) atoms. The lowest BCUT2D eigenvalue weighted by atomic mass is 10.2. The summed E-state index contributed by atoms with van der Waals surface area (Å²) in [6.45, 7) is 0.113. The quantitative estimate of drug-likeness (QED) is 0.849. The van der Waals surface area contributed by atoms with Crippen molar-refractivity contribution in [1.29, 1.82) is 5.26 Å². The number of hydrogen-bond donors (Lipinski definition) is 0. The van der Waals surface area contributed by atoms with Crippen LogP contribution in [0.5, 0.6) is 5.75 Å². The Morgan fingerprint density at radius 1 is 1.16 bits per heavy atom. The van der Waals surface area contributed by atoms with Crippen molar-refractivity contribution in [1.82, 2.24) is 0 Å². The van der Waals surface area contributed by atoms with Crippen LogP contribution in [0.4, 0.5) is 8.78 Å². The molecule has 0 N–H and O–H groups in total. The van der Waals surface area contributed by atoms with E-state index in [1.54, 1.807) is 12.1 Å². The van der Waals surface area contributed by atoms with Gasteiger partial charge in [-0.1, -0.05) is 15.9 Å². The van der Waals surface area contributed by atoms with Gasteiger partial charge in [0.1, 0.15) is 30.1 Å². The standard InChI is InChI=1S/C14H8BrF2NO/c15-11-3-9(4-12(16)5-11)8-19-13-2-1-10(7-18)14(17)6-13/h1-6H,8H2. The normalized spacial score (nSPS) is 10.0. The van der Waals surface area contributed by atoms with Gasteiger partial charge in [0.25, 0.3) is 0 Å². The van der Waals surface area contributed by atoms with E-state index >= 15 is 0 Å². The lowest BCUT2D eigenvalue weighted by molar-refractivity contribution is 0.304. The van der Waals surface area contributed by atoms with E-state index < -0.39 is 5.82 Å². The van der Waals surface area contributed by atoms with Gasteiger partial charge in [-0.2, -0.15) is 5.26 Å². The van der Waals surface area contributed by atoms with E-state index in [2.05, 4.69) is 15.9 Å². The Morgan fingerprint density at radius 2 is 1.95 bits per heavy atom. The van der Waals surface area contributed by atoms with Gasteiger partial charge in [0, 0.05) is 10.5 Å². The zero-order valence-electron chi connectivity index (χ0n) is 9.66. The Morgan fingerprint density at radius 3 is 2.58 bits per heavy atom. The molecule has 0 aliphatic heterocycles. The molecular formula is C14H8BrF2NO. The van der Waals surface area contributed by atoms with Crippen LogP contribution >= 0.6 is 15.9 Å². The topological polar surface area (TPSA) is 33.0 Å². The van der Waals surface area contributed by atoms with Crippen molar-refractivity contribution in [2.24, 2.45) is 0 Å². The van der Waals surface area contributed by atoms with E-state index in [9.17, 15) is 8.78 Å². The maximum atomic E-state index is 13.3. The summed E-state index contributed by atoms with van der Waals surface area (Å²) in [5.74, 6) is -0.726. The molecule has 0 amide bonds. The maximum absolute atomic E-state index is 13.3. The first-order valence-corrected chi connectivity index (χ1v) is 6.15. The highest BCUT2D eigenvalue weighted by molar-refractivity contribution is 9.10. The van der Waals surface area contributed by atoms with Crippen LogP contribution in [0.15, 0.2) is 40.9 Å². The van der Waals surface area contributed by atoms with Crippen LogP contribution in [0, 0.1) is 23.0 Å². The molecule has 0 saturated carbocycles. The minimum atomic E-state index is -0.638. The van der Waals surface area contributed by atoms with E-state index in [1.807, 2.05) is 0 Å². The summed E-state index contributed by atoms with van der Waals surface area (Å²) in [6.07, 6.45) is 0. The summed E-state index contributed by atoms with van der Waals surface area (Å²) < 4.78 is 32.4. The molecule has 0 fully saturated rings. The van der Waals surface area contributed by atoms with E-state index in [-0.39, 0.29) is 23.7 Å². The molecule has 0 unspecified atom stereocenters. The Balaban J connectivity index is 2.10. The average Bonchev–Trinajstić information content (AvgIpc) is 2.35. The van der Waals surface area contributed by atoms with Gasteiger partial charge in [-0.15, -0.1) is 0 Å². The number of rotatable bonds is 3. The first-order valence-electron chi connectivity index (χ1n) is 5.36. The van der Waals surface area contributed by atoms with Gasteiger partial charge < -0.3 is 4.74 Å². The predicted molar refractivity (Wildman–Crippen MR) is 69.5 cm³/mol. The minimum Gasteiger partial charge on any atom is -0.489 e.